The number of fused-ring (bicyclic) bond motifs is 1. The van der Waals surface area contributed by atoms with Crippen molar-refractivity contribution in [2.75, 3.05) is 7.11 Å². The van der Waals surface area contributed by atoms with Gasteiger partial charge in [-0.25, -0.2) is 14.4 Å². The van der Waals surface area contributed by atoms with Gasteiger partial charge in [0.05, 0.1) is 7.11 Å². The van der Waals surface area contributed by atoms with E-state index >= 15 is 0 Å². The second-order valence-corrected chi connectivity index (χ2v) is 6.98. The van der Waals surface area contributed by atoms with Crippen LogP contribution in [0.15, 0.2) is 63.8 Å². The molecule has 3 aromatic rings. The highest BCUT2D eigenvalue weighted by atomic mass is 19.4. The highest BCUT2D eigenvalue weighted by molar-refractivity contribution is 5.83. The van der Waals surface area contributed by atoms with Crippen LogP contribution in [0.4, 0.5) is 13.2 Å². The van der Waals surface area contributed by atoms with E-state index in [0.717, 1.165) is 6.07 Å². The topological polar surface area (TPSA) is 127 Å². The molecule has 0 bridgehead atoms. The standard InChI is InChI=1S/C23H19F3O7.H3N/c1-30-16-8-9-17-15(11-20(27)32-19(17)12-16)7-10-18(33-22(29)23(24,25)26)21(28)31-13-14-5-3-2-4-6-14;/h2-6,8-9,11-12,18H,7,10,13H2,1H3;1H3/t18-;/m0./s1. The van der Waals surface area contributed by atoms with E-state index in [1.54, 1.807) is 42.5 Å². The van der Waals surface area contributed by atoms with E-state index in [1.165, 1.54) is 13.2 Å². The lowest BCUT2D eigenvalue weighted by Gasteiger charge is -2.18. The van der Waals surface area contributed by atoms with E-state index in [0.29, 0.717) is 22.3 Å². The zero-order valence-corrected chi connectivity index (χ0v) is 18.1. The Morgan fingerprint density at radius 3 is 2.41 bits per heavy atom. The number of hydrogen-bond donors (Lipinski definition) is 1. The molecule has 1 aromatic heterocycles. The lowest BCUT2D eigenvalue weighted by molar-refractivity contribution is -0.208. The predicted octanol–water partition coefficient (Wildman–Crippen LogP) is 4.11. The third kappa shape index (κ3) is 6.82. The van der Waals surface area contributed by atoms with Crippen molar-refractivity contribution in [1.29, 1.82) is 0 Å². The Bertz CT molecular complexity index is 1190. The minimum atomic E-state index is -5.28. The van der Waals surface area contributed by atoms with Gasteiger partial charge in [-0.05, 0) is 36.1 Å². The maximum atomic E-state index is 12.7. The van der Waals surface area contributed by atoms with Crippen LogP contribution in [0, 0.1) is 0 Å². The molecular weight excluding hydrogens is 459 g/mol. The van der Waals surface area contributed by atoms with Crippen molar-refractivity contribution in [2.45, 2.75) is 31.7 Å². The van der Waals surface area contributed by atoms with Gasteiger partial charge < -0.3 is 24.8 Å². The summed E-state index contributed by atoms with van der Waals surface area (Å²) in [6.07, 6.45) is -7.52. The maximum absolute atomic E-state index is 12.7. The van der Waals surface area contributed by atoms with Crippen molar-refractivity contribution in [3.05, 3.63) is 76.1 Å². The summed E-state index contributed by atoms with van der Waals surface area (Å²) in [6.45, 7) is -0.211. The van der Waals surface area contributed by atoms with Crippen molar-refractivity contribution in [2.24, 2.45) is 0 Å². The number of benzene rings is 2. The average molecular weight is 481 g/mol. The molecule has 0 amide bonds. The summed E-state index contributed by atoms with van der Waals surface area (Å²) in [4.78, 5) is 35.7. The summed E-state index contributed by atoms with van der Waals surface area (Å²) < 4.78 is 57.9. The minimum Gasteiger partial charge on any atom is -0.497 e. The number of halogens is 3. The first kappa shape index (κ1) is 26.4. The molecule has 0 aliphatic carbocycles. The summed E-state index contributed by atoms with van der Waals surface area (Å²) in [5, 5.41) is 0.494. The number of carbonyl (C=O) groups is 2. The largest absolute Gasteiger partial charge is 0.497 e. The molecule has 182 valence electrons. The number of esters is 2. The van der Waals surface area contributed by atoms with E-state index in [1.807, 2.05) is 0 Å². The molecule has 0 saturated carbocycles. The van der Waals surface area contributed by atoms with Gasteiger partial charge in [-0.3, -0.25) is 0 Å². The Morgan fingerprint density at radius 1 is 1.06 bits per heavy atom. The van der Waals surface area contributed by atoms with Crippen molar-refractivity contribution < 1.29 is 41.4 Å². The zero-order valence-electron chi connectivity index (χ0n) is 18.1. The predicted molar refractivity (Wildman–Crippen MR) is 115 cm³/mol. The van der Waals surface area contributed by atoms with Crippen molar-refractivity contribution in [1.82, 2.24) is 6.15 Å². The molecule has 1 atom stereocenters. The molecule has 0 fully saturated rings. The normalized spacial score (nSPS) is 11.9. The Balaban J connectivity index is 0.00000408. The molecule has 1 heterocycles. The molecule has 34 heavy (non-hydrogen) atoms. The molecule has 3 rings (SSSR count). The average Bonchev–Trinajstić information content (AvgIpc) is 2.79. The Hall–Kier alpha value is -3.86. The fourth-order valence-electron chi connectivity index (χ4n) is 3.07. The van der Waals surface area contributed by atoms with E-state index < -0.39 is 29.8 Å². The van der Waals surface area contributed by atoms with Gasteiger partial charge in [0.1, 0.15) is 17.9 Å². The molecule has 0 saturated heterocycles. The van der Waals surface area contributed by atoms with Crippen molar-refractivity contribution in [3.8, 4) is 5.75 Å². The van der Waals surface area contributed by atoms with Crippen LogP contribution >= 0.6 is 0 Å². The summed E-state index contributed by atoms with van der Waals surface area (Å²) in [7, 11) is 1.43. The number of carbonyl (C=O) groups excluding carboxylic acids is 2. The molecule has 0 spiro atoms. The minimum absolute atomic E-state index is 0. The van der Waals surface area contributed by atoms with Crippen LogP contribution in [-0.2, 0) is 32.1 Å². The SMILES string of the molecule is COc1ccc2c(CC[C@H](OC(=O)C(F)(F)F)C(=O)OCc3ccccc3)cc(=O)oc2c1.N. The summed E-state index contributed by atoms with van der Waals surface area (Å²) >= 11 is 0. The molecule has 0 unspecified atom stereocenters. The first-order valence-corrected chi connectivity index (χ1v) is 9.76. The van der Waals surface area contributed by atoms with Crippen molar-refractivity contribution in [3.63, 3.8) is 0 Å². The molecule has 0 radical (unpaired) electrons. The summed E-state index contributed by atoms with van der Waals surface area (Å²) in [5.41, 5.74) is 0.508. The Labute approximate surface area is 191 Å². The van der Waals surface area contributed by atoms with Crippen LogP contribution in [0.2, 0.25) is 0 Å². The van der Waals surface area contributed by atoms with Gasteiger partial charge in [0.25, 0.3) is 0 Å². The van der Waals surface area contributed by atoms with E-state index in [2.05, 4.69) is 4.74 Å². The second kappa shape index (κ2) is 11.3. The molecule has 11 heteroatoms. The third-order valence-electron chi connectivity index (χ3n) is 4.68. The van der Waals surface area contributed by atoms with Gasteiger partial charge in [0.15, 0.2) is 6.10 Å². The molecule has 0 aliphatic heterocycles. The zero-order chi connectivity index (χ0) is 24.0. The van der Waals surface area contributed by atoms with Crippen LogP contribution in [-0.4, -0.2) is 31.3 Å². The lowest BCUT2D eigenvalue weighted by atomic mass is 10.0. The third-order valence-corrected chi connectivity index (χ3v) is 4.68. The lowest BCUT2D eigenvalue weighted by Crippen LogP contribution is -2.35. The maximum Gasteiger partial charge on any atom is 0.490 e. The molecule has 8 nitrogen and oxygen atoms in total. The van der Waals surface area contributed by atoms with E-state index in [9.17, 15) is 27.6 Å². The second-order valence-electron chi connectivity index (χ2n) is 6.98. The van der Waals surface area contributed by atoms with Crippen molar-refractivity contribution >= 4 is 22.9 Å². The van der Waals surface area contributed by atoms with Crippen LogP contribution in [0.1, 0.15) is 17.5 Å². The Morgan fingerprint density at radius 2 is 1.76 bits per heavy atom. The fourth-order valence-corrected chi connectivity index (χ4v) is 3.07. The van der Waals surface area contributed by atoms with Gasteiger partial charge >= 0.3 is 23.7 Å². The number of hydrogen-bond acceptors (Lipinski definition) is 8. The number of ether oxygens (including phenoxy) is 3. The van der Waals surface area contributed by atoms with Crippen LogP contribution in [0.25, 0.3) is 11.0 Å². The van der Waals surface area contributed by atoms with Gasteiger partial charge in [0, 0.05) is 17.5 Å². The quantitative estimate of drug-likeness (QED) is 0.376. The first-order valence-electron chi connectivity index (χ1n) is 9.76. The Kier molecular flexibility index (Phi) is 8.79. The van der Waals surface area contributed by atoms with E-state index in [-0.39, 0.29) is 31.2 Å². The van der Waals surface area contributed by atoms with Crippen LogP contribution < -0.4 is 16.5 Å². The molecule has 2 aromatic carbocycles. The number of aryl methyl sites for hydroxylation is 1. The smallest absolute Gasteiger partial charge is 0.490 e. The van der Waals surface area contributed by atoms with Gasteiger partial charge in [-0.15, -0.1) is 0 Å². The number of methoxy groups -OCH3 is 1. The summed E-state index contributed by atoms with van der Waals surface area (Å²) in [6, 6.07) is 14.3. The molecular formula is C23H22F3NO7. The van der Waals surface area contributed by atoms with Gasteiger partial charge in [-0.1, -0.05) is 30.3 Å². The highest BCUT2D eigenvalue weighted by Crippen LogP contribution is 2.25. The van der Waals surface area contributed by atoms with Crippen LogP contribution in [0.3, 0.4) is 0 Å². The first-order chi connectivity index (χ1) is 15.7. The van der Waals surface area contributed by atoms with Gasteiger partial charge in [0.2, 0.25) is 0 Å². The highest BCUT2D eigenvalue weighted by Gasteiger charge is 2.43. The molecule has 0 aliphatic rings. The number of alkyl halides is 3. The summed E-state index contributed by atoms with van der Waals surface area (Å²) in [5.74, 6) is -3.21. The fraction of sp³-hybridized carbons (Fsp3) is 0.261. The number of rotatable bonds is 8. The molecule has 3 N–H and O–H groups in total. The van der Waals surface area contributed by atoms with Gasteiger partial charge in [-0.2, -0.15) is 13.2 Å². The monoisotopic (exact) mass is 481 g/mol. The van der Waals surface area contributed by atoms with E-state index in [4.69, 9.17) is 13.9 Å². The van der Waals surface area contributed by atoms with Crippen LogP contribution in [0.5, 0.6) is 5.75 Å².